The summed E-state index contributed by atoms with van der Waals surface area (Å²) in [5.41, 5.74) is 7.39. The van der Waals surface area contributed by atoms with Gasteiger partial charge in [0.05, 0.1) is 0 Å². The molecule has 4 N–H and O–H groups in total. The number of halogens is 1. The molecule has 0 spiro atoms. The third-order valence-corrected chi connectivity index (χ3v) is 5.13. The van der Waals surface area contributed by atoms with E-state index in [-0.39, 0.29) is 6.42 Å². The molecular formula is C16H20ClN3O2S. The lowest BCUT2D eigenvalue weighted by Crippen LogP contribution is -2.32. The normalized spacial score (nSPS) is 13.7. The number of nitrogens with two attached hydrogens (primary N) is 1. The summed E-state index contributed by atoms with van der Waals surface area (Å²) in [5, 5.41) is 10.7. The fraction of sp³-hybridized carbons (Fsp3) is 0.375. The monoisotopic (exact) mass is 353 g/mol. The molecule has 0 fully saturated rings. The number of H-pyrrole nitrogens is 1. The molecule has 23 heavy (non-hydrogen) atoms. The van der Waals surface area contributed by atoms with Crippen LogP contribution in [0.25, 0.3) is 0 Å². The summed E-state index contributed by atoms with van der Waals surface area (Å²) < 4.78 is 0. The average Bonchev–Trinajstić information content (AvgIpc) is 2.95. The van der Waals surface area contributed by atoms with Crippen molar-refractivity contribution in [2.75, 3.05) is 0 Å². The number of rotatable bonds is 8. The first-order valence-electron chi connectivity index (χ1n) is 7.42. The standard InChI is InChI=1S/C16H20ClN3O2S/c1-2-12(7-10-5-3-4-6-13(10)17)23-16-19-9-11(20-16)8-14(18)15(21)22/h3-6,9,12,14H,2,7-8,18H2,1H3,(H,19,20)(H,21,22). The highest BCUT2D eigenvalue weighted by molar-refractivity contribution is 7.99. The summed E-state index contributed by atoms with van der Waals surface area (Å²) in [4.78, 5) is 18.2. The van der Waals surface area contributed by atoms with Crippen LogP contribution in [0.2, 0.25) is 5.02 Å². The molecule has 0 saturated heterocycles. The van der Waals surface area contributed by atoms with Crippen molar-refractivity contribution in [3.05, 3.63) is 46.7 Å². The average molecular weight is 354 g/mol. The first kappa shape index (κ1) is 17.8. The Morgan fingerprint density at radius 3 is 2.83 bits per heavy atom. The summed E-state index contributed by atoms with van der Waals surface area (Å²) >= 11 is 7.85. The molecule has 124 valence electrons. The zero-order valence-electron chi connectivity index (χ0n) is 12.8. The molecule has 0 aliphatic heterocycles. The SMILES string of the molecule is CCC(Cc1ccccc1Cl)Sc1ncc(CC(N)C(=O)O)[nH]1. The maximum atomic E-state index is 10.8. The minimum atomic E-state index is -1.01. The molecule has 0 amide bonds. The summed E-state index contributed by atoms with van der Waals surface area (Å²) in [6, 6.07) is 6.91. The van der Waals surface area contributed by atoms with E-state index < -0.39 is 12.0 Å². The van der Waals surface area contributed by atoms with E-state index in [1.54, 1.807) is 18.0 Å². The Balaban J connectivity index is 1.98. The number of aromatic nitrogens is 2. The fourth-order valence-electron chi connectivity index (χ4n) is 2.16. The third kappa shape index (κ3) is 5.27. The lowest BCUT2D eigenvalue weighted by molar-refractivity contribution is -0.138. The Morgan fingerprint density at radius 1 is 1.43 bits per heavy atom. The van der Waals surface area contributed by atoms with Gasteiger partial charge in [0.1, 0.15) is 6.04 Å². The van der Waals surface area contributed by atoms with Gasteiger partial charge < -0.3 is 15.8 Å². The molecule has 7 heteroatoms. The zero-order chi connectivity index (χ0) is 16.8. The number of aromatic amines is 1. The maximum Gasteiger partial charge on any atom is 0.320 e. The smallest absolute Gasteiger partial charge is 0.320 e. The van der Waals surface area contributed by atoms with Crippen molar-refractivity contribution in [1.29, 1.82) is 0 Å². The largest absolute Gasteiger partial charge is 0.480 e. The predicted octanol–water partition coefficient (Wildman–Crippen LogP) is 3.13. The number of imidazole rings is 1. The van der Waals surface area contributed by atoms with Crippen molar-refractivity contribution < 1.29 is 9.90 Å². The van der Waals surface area contributed by atoms with Crippen molar-refractivity contribution in [3.8, 4) is 0 Å². The van der Waals surface area contributed by atoms with Crippen LogP contribution in [-0.2, 0) is 17.6 Å². The van der Waals surface area contributed by atoms with Crippen molar-refractivity contribution in [3.63, 3.8) is 0 Å². The number of nitrogens with one attached hydrogen (secondary N) is 1. The van der Waals surface area contributed by atoms with Crippen LogP contribution in [0.1, 0.15) is 24.6 Å². The molecule has 0 radical (unpaired) electrons. The van der Waals surface area contributed by atoms with Gasteiger partial charge in [0.15, 0.2) is 5.16 Å². The number of thioether (sulfide) groups is 1. The number of hydrogen-bond acceptors (Lipinski definition) is 4. The van der Waals surface area contributed by atoms with Gasteiger partial charge in [0.25, 0.3) is 0 Å². The van der Waals surface area contributed by atoms with Crippen molar-refractivity contribution in [2.24, 2.45) is 5.73 Å². The molecule has 1 aromatic carbocycles. The molecule has 1 heterocycles. The van der Waals surface area contributed by atoms with Crippen LogP contribution in [0.3, 0.4) is 0 Å². The Bertz CT molecular complexity index is 662. The van der Waals surface area contributed by atoms with Crippen molar-refractivity contribution in [2.45, 2.75) is 42.6 Å². The van der Waals surface area contributed by atoms with Crippen molar-refractivity contribution >= 4 is 29.3 Å². The first-order chi connectivity index (χ1) is 11.0. The zero-order valence-corrected chi connectivity index (χ0v) is 14.4. The predicted molar refractivity (Wildman–Crippen MR) is 93.0 cm³/mol. The minimum Gasteiger partial charge on any atom is -0.480 e. The van der Waals surface area contributed by atoms with Gasteiger partial charge >= 0.3 is 5.97 Å². The highest BCUT2D eigenvalue weighted by atomic mass is 35.5. The molecule has 0 aliphatic rings. The van der Waals surface area contributed by atoms with Crippen LogP contribution in [0.15, 0.2) is 35.6 Å². The molecule has 2 unspecified atom stereocenters. The number of carboxylic acid groups (broad SMARTS) is 1. The number of carboxylic acids is 1. The van der Waals surface area contributed by atoms with E-state index in [4.69, 9.17) is 22.4 Å². The minimum absolute atomic E-state index is 0.240. The molecule has 2 rings (SSSR count). The van der Waals surface area contributed by atoms with Crippen molar-refractivity contribution in [1.82, 2.24) is 9.97 Å². The Labute approximate surface area is 144 Å². The van der Waals surface area contributed by atoms with Crippen LogP contribution in [0.4, 0.5) is 0 Å². The van der Waals surface area contributed by atoms with Gasteiger partial charge in [-0.1, -0.05) is 48.5 Å². The fourth-order valence-corrected chi connectivity index (χ4v) is 3.42. The molecule has 2 atom stereocenters. The molecule has 0 bridgehead atoms. The Morgan fingerprint density at radius 2 is 2.17 bits per heavy atom. The molecular weight excluding hydrogens is 334 g/mol. The van der Waals surface area contributed by atoms with Gasteiger partial charge in [-0.15, -0.1) is 0 Å². The summed E-state index contributed by atoms with van der Waals surface area (Å²) in [7, 11) is 0. The second-order valence-electron chi connectivity index (χ2n) is 5.31. The van der Waals surface area contributed by atoms with E-state index in [0.717, 1.165) is 34.3 Å². The maximum absolute atomic E-state index is 10.8. The summed E-state index contributed by atoms with van der Waals surface area (Å²) in [6.07, 6.45) is 3.71. The second kappa shape index (κ2) is 8.38. The van der Waals surface area contributed by atoms with E-state index in [9.17, 15) is 4.79 Å². The van der Waals surface area contributed by atoms with Gasteiger partial charge in [-0.05, 0) is 24.5 Å². The van der Waals surface area contributed by atoms with E-state index in [0.29, 0.717) is 5.25 Å². The van der Waals surface area contributed by atoms with Gasteiger partial charge in [0, 0.05) is 28.6 Å². The number of nitrogens with zero attached hydrogens (tertiary/aromatic N) is 1. The number of aliphatic carboxylic acids is 1. The summed E-state index contributed by atoms with van der Waals surface area (Å²) in [6.45, 7) is 2.12. The van der Waals surface area contributed by atoms with Gasteiger partial charge in [-0.3, -0.25) is 4.79 Å². The highest BCUT2D eigenvalue weighted by Crippen LogP contribution is 2.28. The van der Waals surface area contributed by atoms with Crippen LogP contribution in [0.5, 0.6) is 0 Å². The lowest BCUT2D eigenvalue weighted by atomic mass is 10.1. The van der Waals surface area contributed by atoms with E-state index in [1.807, 2.05) is 24.3 Å². The van der Waals surface area contributed by atoms with Crippen LogP contribution in [-0.4, -0.2) is 32.3 Å². The molecule has 1 aromatic heterocycles. The molecule has 5 nitrogen and oxygen atoms in total. The summed E-state index contributed by atoms with van der Waals surface area (Å²) in [5.74, 6) is -1.01. The number of hydrogen-bond donors (Lipinski definition) is 3. The number of carbonyl (C=O) groups is 1. The van der Waals surface area contributed by atoms with E-state index in [2.05, 4.69) is 16.9 Å². The molecule has 2 aromatic rings. The second-order valence-corrected chi connectivity index (χ2v) is 7.00. The van der Waals surface area contributed by atoms with Gasteiger partial charge in [-0.25, -0.2) is 4.98 Å². The molecule has 0 aliphatic carbocycles. The van der Waals surface area contributed by atoms with Crippen LogP contribution in [0, 0.1) is 0 Å². The Hall–Kier alpha value is -1.50. The lowest BCUT2D eigenvalue weighted by Gasteiger charge is -2.14. The van der Waals surface area contributed by atoms with Crippen LogP contribution >= 0.6 is 23.4 Å². The van der Waals surface area contributed by atoms with E-state index >= 15 is 0 Å². The third-order valence-electron chi connectivity index (χ3n) is 3.50. The first-order valence-corrected chi connectivity index (χ1v) is 8.67. The van der Waals surface area contributed by atoms with Gasteiger partial charge in [-0.2, -0.15) is 0 Å². The highest BCUT2D eigenvalue weighted by Gasteiger charge is 2.16. The quantitative estimate of drug-likeness (QED) is 0.634. The van der Waals surface area contributed by atoms with Crippen LogP contribution < -0.4 is 5.73 Å². The number of benzene rings is 1. The van der Waals surface area contributed by atoms with Gasteiger partial charge in [0.2, 0.25) is 0 Å². The Kier molecular flexibility index (Phi) is 6.50. The topological polar surface area (TPSA) is 92.0 Å². The molecule has 0 saturated carbocycles. The van der Waals surface area contributed by atoms with E-state index in [1.165, 1.54) is 0 Å².